The lowest BCUT2D eigenvalue weighted by atomic mass is 10.1. The van der Waals surface area contributed by atoms with Crippen molar-refractivity contribution >= 4 is 9.76 Å². The molecule has 0 saturated heterocycles. The quantitative estimate of drug-likeness (QED) is 0.161. The average molecular weight is 358 g/mol. The van der Waals surface area contributed by atoms with E-state index in [1.807, 2.05) is 0 Å². The molecule has 23 heavy (non-hydrogen) atoms. The van der Waals surface area contributed by atoms with Crippen molar-refractivity contribution in [2.45, 2.75) is 39.2 Å². The van der Waals surface area contributed by atoms with Crippen LogP contribution in [0.5, 0.6) is 0 Å². The van der Waals surface area contributed by atoms with Crippen molar-refractivity contribution in [3.8, 4) is 0 Å². The van der Waals surface area contributed by atoms with Gasteiger partial charge in [-0.2, -0.15) is 0 Å². The molecule has 0 heterocycles. The molecule has 0 fully saturated rings. The minimum atomic E-state index is -2.14. The van der Waals surface area contributed by atoms with E-state index >= 15 is 0 Å². The first-order valence-electron chi connectivity index (χ1n) is 7.29. The largest absolute Gasteiger partial charge is 0.379 e. The summed E-state index contributed by atoms with van der Waals surface area (Å²) in [4.78, 5) is 0. The van der Waals surface area contributed by atoms with Gasteiger partial charge in [0.1, 0.15) is 0 Å². The summed E-state index contributed by atoms with van der Waals surface area (Å²) < 4.78 is 81.6. The Morgan fingerprint density at radius 3 is 1.78 bits per heavy atom. The zero-order chi connectivity index (χ0) is 17.4. The molecule has 0 aromatic heterocycles. The lowest BCUT2D eigenvalue weighted by molar-refractivity contribution is -0.243. The van der Waals surface area contributed by atoms with Gasteiger partial charge >= 0.3 is 0 Å². The first-order valence-corrected chi connectivity index (χ1v) is 8.86. The summed E-state index contributed by atoms with van der Waals surface area (Å²) in [7, 11) is -1.10. The maximum absolute atomic E-state index is 13.5. The molecule has 0 spiro atoms. The van der Waals surface area contributed by atoms with Gasteiger partial charge in [-0.3, -0.25) is 0 Å². The highest BCUT2D eigenvalue weighted by molar-refractivity contribution is 6.27. The molecule has 1 aromatic rings. The number of ether oxygens (including phenoxy) is 2. The minimum absolute atomic E-state index is 0.246. The van der Waals surface area contributed by atoms with Crippen LogP contribution in [0.1, 0.15) is 25.8 Å². The number of hydrogen-bond acceptors (Lipinski definition) is 3. The predicted molar refractivity (Wildman–Crippen MR) is 76.0 cm³/mol. The Labute approximate surface area is 133 Å². The Balaban J connectivity index is 2.51. The molecule has 0 aliphatic heterocycles. The standard InChI is InChI=1S/C14H19F5O3Si/c1-3-20-14(21-4-2)22-23-7-5-6-8-9(15)11(17)13(19)12(18)10(8)16/h14H,3-7,23H2,1-2H3. The molecule has 0 aliphatic rings. The van der Waals surface area contributed by atoms with Crippen molar-refractivity contribution in [3.63, 3.8) is 0 Å². The molecule has 0 atom stereocenters. The van der Waals surface area contributed by atoms with Crippen LogP contribution in [-0.2, 0) is 20.3 Å². The van der Waals surface area contributed by atoms with Gasteiger partial charge in [-0.25, -0.2) is 22.0 Å². The summed E-state index contributed by atoms with van der Waals surface area (Å²) in [6.07, 6.45) is -0.00831. The topological polar surface area (TPSA) is 27.7 Å². The van der Waals surface area contributed by atoms with Crippen LogP contribution in [0.4, 0.5) is 22.0 Å². The van der Waals surface area contributed by atoms with Crippen molar-refractivity contribution in [3.05, 3.63) is 34.6 Å². The molecule has 3 nitrogen and oxygen atoms in total. The molecule has 0 unspecified atom stereocenters. The van der Waals surface area contributed by atoms with Crippen LogP contribution in [-0.4, -0.2) is 29.5 Å². The van der Waals surface area contributed by atoms with Gasteiger partial charge in [0.15, 0.2) is 33.0 Å². The molecule has 1 rings (SSSR count). The number of rotatable bonds is 10. The van der Waals surface area contributed by atoms with Gasteiger partial charge in [-0.05, 0) is 32.7 Å². The van der Waals surface area contributed by atoms with Crippen molar-refractivity contribution < 1.29 is 35.9 Å². The molecular weight excluding hydrogens is 339 g/mol. The Morgan fingerprint density at radius 1 is 0.826 bits per heavy atom. The van der Waals surface area contributed by atoms with E-state index in [9.17, 15) is 22.0 Å². The van der Waals surface area contributed by atoms with E-state index < -0.39 is 50.9 Å². The van der Waals surface area contributed by atoms with Gasteiger partial charge in [-0.15, -0.1) is 0 Å². The van der Waals surface area contributed by atoms with Gasteiger partial charge in [0.2, 0.25) is 5.82 Å². The van der Waals surface area contributed by atoms with Gasteiger partial charge in [-0.1, -0.05) is 0 Å². The maximum atomic E-state index is 13.5. The first kappa shape index (κ1) is 20.0. The van der Waals surface area contributed by atoms with E-state index in [4.69, 9.17) is 13.9 Å². The highest BCUT2D eigenvalue weighted by atomic mass is 28.2. The van der Waals surface area contributed by atoms with Gasteiger partial charge in [0.05, 0.1) is 0 Å². The fraction of sp³-hybridized carbons (Fsp3) is 0.571. The summed E-state index contributed by atoms with van der Waals surface area (Å²) in [5.74, 6) is -9.52. The lowest BCUT2D eigenvalue weighted by Crippen LogP contribution is -2.23. The Kier molecular flexibility index (Phi) is 8.67. The van der Waals surface area contributed by atoms with Crippen molar-refractivity contribution in [1.29, 1.82) is 0 Å². The van der Waals surface area contributed by atoms with Gasteiger partial charge < -0.3 is 13.9 Å². The van der Waals surface area contributed by atoms with Crippen LogP contribution in [0.2, 0.25) is 6.04 Å². The Hall–Kier alpha value is -1.03. The van der Waals surface area contributed by atoms with E-state index in [0.29, 0.717) is 19.3 Å². The Bertz CT molecular complexity index is 481. The smallest absolute Gasteiger partial charge is 0.261 e. The fourth-order valence-corrected chi connectivity index (χ4v) is 2.88. The van der Waals surface area contributed by atoms with Crippen LogP contribution in [0.15, 0.2) is 0 Å². The van der Waals surface area contributed by atoms with Crippen LogP contribution >= 0.6 is 0 Å². The number of halogens is 5. The third kappa shape index (κ3) is 5.52. The van der Waals surface area contributed by atoms with Crippen molar-refractivity contribution in [2.75, 3.05) is 13.2 Å². The first-order chi connectivity index (χ1) is 10.9. The summed E-state index contributed by atoms with van der Waals surface area (Å²) in [6, 6.07) is 0.482. The highest BCUT2D eigenvalue weighted by Gasteiger charge is 2.25. The molecule has 0 N–H and O–H groups in total. The SMILES string of the molecule is CCOC(OCC)O[SiH2]CCCc1c(F)c(F)c(F)c(F)c1F. The summed E-state index contributed by atoms with van der Waals surface area (Å²) in [5, 5.41) is 0. The highest BCUT2D eigenvalue weighted by Crippen LogP contribution is 2.24. The molecule has 9 heteroatoms. The lowest BCUT2D eigenvalue weighted by Gasteiger charge is -2.17. The van der Waals surface area contributed by atoms with Crippen LogP contribution in [0.25, 0.3) is 0 Å². The average Bonchev–Trinajstić information content (AvgIpc) is 2.54. The van der Waals surface area contributed by atoms with E-state index in [1.54, 1.807) is 13.8 Å². The normalized spacial score (nSPS) is 12.0. The third-order valence-corrected chi connectivity index (χ3v) is 4.28. The van der Waals surface area contributed by atoms with Crippen LogP contribution in [0.3, 0.4) is 0 Å². The molecule has 0 aliphatic carbocycles. The maximum Gasteiger partial charge on any atom is 0.261 e. The monoisotopic (exact) mass is 358 g/mol. The second-order valence-electron chi connectivity index (χ2n) is 4.58. The molecular formula is C14H19F5O3Si. The molecule has 0 radical (unpaired) electrons. The summed E-state index contributed by atoms with van der Waals surface area (Å²) >= 11 is 0. The van der Waals surface area contributed by atoms with Crippen LogP contribution in [0, 0.1) is 29.1 Å². The zero-order valence-corrected chi connectivity index (χ0v) is 14.3. The zero-order valence-electron chi connectivity index (χ0n) is 12.9. The summed E-state index contributed by atoms with van der Waals surface area (Å²) in [5.41, 5.74) is -0.790. The van der Waals surface area contributed by atoms with Gasteiger partial charge in [0.25, 0.3) is 6.48 Å². The molecule has 0 saturated carbocycles. The molecule has 0 amide bonds. The minimum Gasteiger partial charge on any atom is -0.379 e. The van der Waals surface area contributed by atoms with E-state index in [0.717, 1.165) is 0 Å². The Morgan fingerprint density at radius 2 is 1.30 bits per heavy atom. The molecule has 1 aromatic carbocycles. The van der Waals surface area contributed by atoms with Crippen molar-refractivity contribution in [2.24, 2.45) is 0 Å². The molecule has 0 bridgehead atoms. The fourth-order valence-electron chi connectivity index (χ4n) is 1.87. The van der Waals surface area contributed by atoms with Crippen molar-refractivity contribution in [1.82, 2.24) is 0 Å². The predicted octanol–water partition coefficient (Wildman–Crippen LogP) is 3.19. The third-order valence-electron chi connectivity index (χ3n) is 2.98. The number of benzene rings is 1. The van der Waals surface area contributed by atoms with E-state index in [1.165, 1.54) is 0 Å². The molecule has 132 valence electrons. The van der Waals surface area contributed by atoms with E-state index in [-0.39, 0.29) is 12.8 Å². The summed E-state index contributed by atoms with van der Waals surface area (Å²) in [6.45, 7) is 3.60. The van der Waals surface area contributed by atoms with Gasteiger partial charge in [0, 0.05) is 18.8 Å². The van der Waals surface area contributed by atoms with E-state index in [2.05, 4.69) is 0 Å². The number of hydrogen-bond donors (Lipinski definition) is 0. The van der Waals surface area contributed by atoms with Crippen LogP contribution < -0.4 is 0 Å². The second kappa shape index (κ2) is 9.96. The second-order valence-corrected chi connectivity index (χ2v) is 6.02.